The Bertz CT molecular complexity index is 341. The third kappa shape index (κ3) is 3.56. The molecule has 3 nitrogen and oxygen atoms in total. The van der Waals surface area contributed by atoms with Crippen molar-refractivity contribution in [1.82, 2.24) is 15.1 Å². The van der Waals surface area contributed by atoms with Gasteiger partial charge in [-0.2, -0.15) is 5.10 Å². The van der Waals surface area contributed by atoms with Crippen molar-refractivity contribution < 1.29 is 0 Å². The van der Waals surface area contributed by atoms with Gasteiger partial charge in [-0.3, -0.25) is 4.68 Å². The SMILES string of the molecule is CCNC(c1cnn(C)c1C)C(C)CC(C)C. The molecule has 2 atom stereocenters. The number of rotatable bonds is 6. The standard InChI is InChI=1S/C14H27N3/c1-7-15-14(11(4)8-10(2)3)13-9-16-17(6)12(13)5/h9-11,14-15H,7-8H2,1-6H3. The summed E-state index contributed by atoms with van der Waals surface area (Å²) >= 11 is 0. The minimum Gasteiger partial charge on any atom is -0.310 e. The van der Waals surface area contributed by atoms with Gasteiger partial charge in [0.2, 0.25) is 0 Å². The van der Waals surface area contributed by atoms with Crippen molar-refractivity contribution in [3.63, 3.8) is 0 Å². The Hall–Kier alpha value is -0.830. The van der Waals surface area contributed by atoms with Crippen molar-refractivity contribution in [1.29, 1.82) is 0 Å². The molecule has 1 heterocycles. The van der Waals surface area contributed by atoms with Gasteiger partial charge in [0.15, 0.2) is 0 Å². The molecule has 1 N–H and O–H groups in total. The maximum Gasteiger partial charge on any atom is 0.0540 e. The van der Waals surface area contributed by atoms with Crippen LogP contribution in [0.4, 0.5) is 0 Å². The molecule has 0 fully saturated rings. The van der Waals surface area contributed by atoms with E-state index in [4.69, 9.17) is 0 Å². The molecule has 17 heavy (non-hydrogen) atoms. The van der Waals surface area contributed by atoms with E-state index in [1.165, 1.54) is 17.7 Å². The zero-order valence-electron chi connectivity index (χ0n) is 12.1. The molecule has 98 valence electrons. The van der Waals surface area contributed by atoms with Gasteiger partial charge in [0.25, 0.3) is 0 Å². The van der Waals surface area contributed by atoms with E-state index in [1.807, 2.05) is 17.9 Å². The molecule has 1 aromatic heterocycles. The third-order valence-electron chi connectivity index (χ3n) is 3.44. The summed E-state index contributed by atoms with van der Waals surface area (Å²) in [7, 11) is 2.01. The highest BCUT2D eigenvalue weighted by Gasteiger charge is 2.22. The Kier molecular flexibility index (Phi) is 5.19. The van der Waals surface area contributed by atoms with E-state index in [2.05, 4.69) is 45.0 Å². The number of hydrogen-bond acceptors (Lipinski definition) is 2. The van der Waals surface area contributed by atoms with E-state index in [0.29, 0.717) is 12.0 Å². The van der Waals surface area contributed by atoms with E-state index < -0.39 is 0 Å². The molecule has 0 saturated heterocycles. The quantitative estimate of drug-likeness (QED) is 0.824. The van der Waals surface area contributed by atoms with Crippen LogP contribution in [0, 0.1) is 18.8 Å². The Balaban J connectivity index is 2.88. The van der Waals surface area contributed by atoms with Gasteiger partial charge in [0.1, 0.15) is 0 Å². The zero-order chi connectivity index (χ0) is 13.0. The second-order valence-electron chi connectivity index (χ2n) is 5.45. The minimum atomic E-state index is 0.427. The fourth-order valence-corrected chi connectivity index (χ4v) is 2.54. The van der Waals surface area contributed by atoms with Crippen LogP contribution in [-0.2, 0) is 7.05 Å². The lowest BCUT2D eigenvalue weighted by atomic mass is 9.88. The fraction of sp³-hybridized carbons (Fsp3) is 0.786. The summed E-state index contributed by atoms with van der Waals surface area (Å²) in [6.45, 7) is 12.2. The lowest BCUT2D eigenvalue weighted by Gasteiger charge is -2.26. The van der Waals surface area contributed by atoms with Gasteiger partial charge in [-0.1, -0.05) is 27.7 Å². The summed E-state index contributed by atoms with van der Waals surface area (Å²) in [6, 6.07) is 0.427. The molecule has 3 heteroatoms. The topological polar surface area (TPSA) is 29.9 Å². The molecule has 2 unspecified atom stereocenters. The van der Waals surface area contributed by atoms with Crippen molar-refractivity contribution in [3.05, 3.63) is 17.5 Å². The number of hydrogen-bond donors (Lipinski definition) is 1. The highest BCUT2D eigenvalue weighted by molar-refractivity contribution is 5.21. The number of aromatic nitrogens is 2. The molecule has 0 spiro atoms. The highest BCUT2D eigenvalue weighted by Crippen LogP contribution is 2.28. The lowest BCUT2D eigenvalue weighted by molar-refractivity contribution is 0.332. The van der Waals surface area contributed by atoms with Crippen LogP contribution in [0.5, 0.6) is 0 Å². The Labute approximate surface area is 106 Å². The van der Waals surface area contributed by atoms with Crippen LogP contribution in [0.25, 0.3) is 0 Å². The van der Waals surface area contributed by atoms with E-state index >= 15 is 0 Å². The van der Waals surface area contributed by atoms with E-state index in [-0.39, 0.29) is 0 Å². The first kappa shape index (κ1) is 14.2. The smallest absolute Gasteiger partial charge is 0.0540 e. The first-order valence-corrected chi connectivity index (χ1v) is 6.69. The van der Waals surface area contributed by atoms with Crippen LogP contribution < -0.4 is 5.32 Å². The van der Waals surface area contributed by atoms with Crippen LogP contribution in [0.2, 0.25) is 0 Å². The van der Waals surface area contributed by atoms with Crippen molar-refractivity contribution >= 4 is 0 Å². The van der Waals surface area contributed by atoms with Crippen LogP contribution in [0.3, 0.4) is 0 Å². The van der Waals surface area contributed by atoms with Crippen LogP contribution in [0.15, 0.2) is 6.20 Å². The Morgan fingerprint density at radius 2 is 2.00 bits per heavy atom. The molecule has 1 rings (SSSR count). The second kappa shape index (κ2) is 6.20. The van der Waals surface area contributed by atoms with Crippen molar-refractivity contribution in [3.8, 4) is 0 Å². The maximum atomic E-state index is 4.36. The van der Waals surface area contributed by atoms with Gasteiger partial charge in [-0.15, -0.1) is 0 Å². The largest absolute Gasteiger partial charge is 0.310 e. The van der Waals surface area contributed by atoms with Gasteiger partial charge in [-0.25, -0.2) is 0 Å². The average molecular weight is 237 g/mol. The molecule has 0 aliphatic heterocycles. The molecule has 0 aromatic carbocycles. The Morgan fingerprint density at radius 1 is 1.35 bits per heavy atom. The molecule has 1 aromatic rings. The maximum absolute atomic E-state index is 4.36. The summed E-state index contributed by atoms with van der Waals surface area (Å²) in [6.07, 6.45) is 3.26. The summed E-state index contributed by atoms with van der Waals surface area (Å²) in [4.78, 5) is 0. The normalized spacial score (nSPS) is 15.2. The van der Waals surface area contributed by atoms with E-state index in [0.717, 1.165) is 12.5 Å². The van der Waals surface area contributed by atoms with Crippen molar-refractivity contribution in [2.24, 2.45) is 18.9 Å². The predicted octanol–water partition coefficient (Wildman–Crippen LogP) is 3.06. The highest BCUT2D eigenvalue weighted by atomic mass is 15.3. The average Bonchev–Trinajstić information content (AvgIpc) is 2.56. The summed E-state index contributed by atoms with van der Waals surface area (Å²) in [5.41, 5.74) is 2.62. The molecule has 0 amide bonds. The number of nitrogens with zero attached hydrogens (tertiary/aromatic N) is 2. The van der Waals surface area contributed by atoms with Crippen LogP contribution in [0.1, 0.15) is 51.4 Å². The zero-order valence-corrected chi connectivity index (χ0v) is 12.1. The molecule has 0 aliphatic rings. The monoisotopic (exact) mass is 237 g/mol. The number of aryl methyl sites for hydroxylation is 1. The molecule has 0 aliphatic carbocycles. The van der Waals surface area contributed by atoms with Crippen LogP contribution in [-0.4, -0.2) is 16.3 Å². The van der Waals surface area contributed by atoms with Gasteiger partial charge in [0.05, 0.1) is 6.20 Å². The summed E-state index contributed by atoms with van der Waals surface area (Å²) in [5, 5.41) is 7.96. The van der Waals surface area contributed by atoms with E-state index in [9.17, 15) is 0 Å². The van der Waals surface area contributed by atoms with Crippen molar-refractivity contribution in [2.45, 2.75) is 47.1 Å². The fourth-order valence-electron chi connectivity index (χ4n) is 2.54. The second-order valence-corrected chi connectivity index (χ2v) is 5.45. The molecule has 0 radical (unpaired) electrons. The summed E-state index contributed by atoms with van der Waals surface area (Å²) < 4.78 is 1.96. The minimum absolute atomic E-state index is 0.427. The first-order chi connectivity index (χ1) is 7.97. The molecule has 0 bridgehead atoms. The van der Waals surface area contributed by atoms with E-state index in [1.54, 1.807) is 0 Å². The van der Waals surface area contributed by atoms with Gasteiger partial charge in [-0.05, 0) is 31.7 Å². The van der Waals surface area contributed by atoms with Crippen molar-refractivity contribution in [2.75, 3.05) is 6.54 Å². The molecular weight excluding hydrogens is 210 g/mol. The predicted molar refractivity (Wildman–Crippen MR) is 73.0 cm³/mol. The lowest BCUT2D eigenvalue weighted by Crippen LogP contribution is -2.28. The Morgan fingerprint density at radius 3 is 2.41 bits per heavy atom. The molecule has 0 saturated carbocycles. The van der Waals surface area contributed by atoms with Crippen LogP contribution >= 0.6 is 0 Å². The first-order valence-electron chi connectivity index (χ1n) is 6.69. The third-order valence-corrected chi connectivity index (χ3v) is 3.44. The van der Waals surface area contributed by atoms with Gasteiger partial charge in [0, 0.05) is 24.3 Å². The van der Waals surface area contributed by atoms with Gasteiger partial charge < -0.3 is 5.32 Å². The van der Waals surface area contributed by atoms with Gasteiger partial charge >= 0.3 is 0 Å². The summed E-state index contributed by atoms with van der Waals surface area (Å²) in [5.74, 6) is 1.38. The number of nitrogens with one attached hydrogen (secondary N) is 1. The molecular formula is C14H27N3.